The topological polar surface area (TPSA) is 60.2 Å². The van der Waals surface area contributed by atoms with E-state index in [0.29, 0.717) is 6.61 Å². The summed E-state index contributed by atoms with van der Waals surface area (Å²) in [5.74, 6) is -0.174. The summed E-state index contributed by atoms with van der Waals surface area (Å²) >= 11 is 0. The molecule has 0 aliphatic rings. The Kier molecular flexibility index (Phi) is 6.29. The fraction of sp³-hybridized carbons (Fsp3) is 0.471. The number of nitrogens with zero attached hydrogens (tertiary/aromatic N) is 4. The van der Waals surface area contributed by atoms with Crippen LogP contribution in [0.25, 0.3) is 5.69 Å². The van der Waals surface area contributed by atoms with Gasteiger partial charge in [0.1, 0.15) is 12.7 Å². The third-order valence-corrected chi connectivity index (χ3v) is 3.86. The van der Waals surface area contributed by atoms with Gasteiger partial charge in [0, 0.05) is 6.04 Å². The first-order valence-electron chi connectivity index (χ1n) is 7.92. The second-order valence-corrected chi connectivity index (χ2v) is 5.60. The Morgan fingerprint density at radius 3 is 2.70 bits per heavy atom. The minimum Gasteiger partial charge on any atom is -0.465 e. The highest BCUT2D eigenvalue weighted by Crippen LogP contribution is 2.20. The Hall–Kier alpha value is -2.21. The molecule has 1 unspecified atom stereocenters. The number of hydrogen-bond acceptors (Lipinski definition) is 5. The van der Waals surface area contributed by atoms with Crippen molar-refractivity contribution in [2.75, 3.05) is 20.2 Å². The van der Waals surface area contributed by atoms with Crippen LogP contribution in [0.4, 0.5) is 0 Å². The van der Waals surface area contributed by atoms with E-state index in [0.717, 1.165) is 24.1 Å². The number of aromatic nitrogens is 3. The summed E-state index contributed by atoms with van der Waals surface area (Å²) in [5.41, 5.74) is 2.10. The Morgan fingerprint density at radius 1 is 1.35 bits per heavy atom. The minimum atomic E-state index is -0.174. The van der Waals surface area contributed by atoms with Crippen LogP contribution in [0, 0.1) is 0 Å². The van der Waals surface area contributed by atoms with E-state index in [-0.39, 0.29) is 18.6 Å². The van der Waals surface area contributed by atoms with Crippen molar-refractivity contribution in [1.29, 1.82) is 0 Å². The lowest BCUT2D eigenvalue weighted by atomic mass is 10.1. The number of rotatable bonds is 8. The predicted molar refractivity (Wildman–Crippen MR) is 88.3 cm³/mol. The van der Waals surface area contributed by atoms with Gasteiger partial charge in [0.25, 0.3) is 0 Å². The quantitative estimate of drug-likeness (QED) is 0.553. The molecule has 0 fully saturated rings. The van der Waals surface area contributed by atoms with Crippen molar-refractivity contribution < 1.29 is 9.53 Å². The van der Waals surface area contributed by atoms with E-state index in [2.05, 4.69) is 23.9 Å². The molecule has 1 heterocycles. The van der Waals surface area contributed by atoms with Gasteiger partial charge in [0.05, 0.1) is 18.8 Å². The molecule has 6 heteroatoms. The van der Waals surface area contributed by atoms with Crippen LogP contribution in [0.15, 0.2) is 36.9 Å². The molecule has 1 aromatic carbocycles. The van der Waals surface area contributed by atoms with Crippen molar-refractivity contribution in [2.45, 2.75) is 32.7 Å². The molecule has 0 spiro atoms. The third-order valence-electron chi connectivity index (χ3n) is 3.86. The molecule has 0 saturated carbocycles. The van der Waals surface area contributed by atoms with Crippen molar-refractivity contribution in [1.82, 2.24) is 19.7 Å². The highest BCUT2D eigenvalue weighted by Gasteiger charge is 2.15. The molecule has 0 aliphatic carbocycles. The summed E-state index contributed by atoms with van der Waals surface area (Å²) in [4.78, 5) is 17.7. The number of likely N-dealkylation sites (N-methyl/N-ethyl adjacent to an activating group) is 1. The second kappa shape index (κ2) is 8.43. The summed E-state index contributed by atoms with van der Waals surface area (Å²) in [6, 6.07) is 8.20. The lowest BCUT2D eigenvalue weighted by Gasteiger charge is -2.24. The van der Waals surface area contributed by atoms with Crippen LogP contribution < -0.4 is 0 Å². The molecule has 124 valence electrons. The number of carbonyl (C=O) groups is 1. The highest BCUT2D eigenvalue weighted by molar-refractivity contribution is 5.71. The molecule has 0 bridgehead atoms. The van der Waals surface area contributed by atoms with Gasteiger partial charge in [0.2, 0.25) is 0 Å². The number of hydrogen-bond donors (Lipinski definition) is 0. The van der Waals surface area contributed by atoms with Gasteiger partial charge in [-0.25, -0.2) is 9.67 Å². The van der Waals surface area contributed by atoms with Crippen LogP contribution in [-0.2, 0) is 9.53 Å². The van der Waals surface area contributed by atoms with Gasteiger partial charge >= 0.3 is 5.97 Å². The van der Waals surface area contributed by atoms with Crippen molar-refractivity contribution in [3.8, 4) is 5.69 Å². The average molecular weight is 316 g/mol. The van der Waals surface area contributed by atoms with Crippen molar-refractivity contribution in [3.63, 3.8) is 0 Å². The first kappa shape index (κ1) is 17.1. The van der Waals surface area contributed by atoms with Gasteiger partial charge in [-0.1, -0.05) is 25.5 Å². The van der Waals surface area contributed by atoms with E-state index in [1.54, 1.807) is 11.0 Å². The minimum absolute atomic E-state index is 0.124. The Labute approximate surface area is 137 Å². The van der Waals surface area contributed by atoms with Crippen LogP contribution in [0.3, 0.4) is 0 Å². The van der Waals surface area contributed by atoms with E-state index in [1.165, 1.54) is 6.33 Å². The molecular weight excluding hydrogens is 292 g/mol. The van der Waals surface area contributed by atoms with Gasteiger partial charge in [0.15, 0.2) is 0 Å². The summed E-state index contributed by atoms with van der Waals surface area (Å²) in [5, 5.41) is 4.10. The van der Waals surface area contributed by atoms with Gasteiger partial charge in [-0.05, 0) is 38.1 Å². The standard InChI is InChI=1S/C17H24N4O2/c1-4-5-10-23-17(22)11-20(3)14(2)15-6-8-16(9-7-15)21-13-18-12-19-21/h6-9,12-14H,4-5,10-11H2,1-3H3. The number of carbonyl (C=O) groups excluding carboxylic acids is 1. The lowest BCUT2D eigenvalue weighted by molar-refractivity contribution is -0.145. The molecule has 1 aromatic heterocycles. The normalized spacial score (nSPS) is 12.3. The van der Waals surface area contributed by atoms with Gasteiger partial charge < -0.3 is 4.74 Å². The molecule has 0 radical (unpaired) electrons. The van der Waals surface area contributed by atoms with Crippen LogP contribution >= 0.6 is 0 Å². The lowest BCUT2D eigenvalue weighted by Crippen LogP contribution is -2.30. The summed E-state index contributed by atoms with van der Waals surface area (Å²) < 4.78 is 6.92. The Balaban J connectivity index is 1.91. The molecule has 23 heavy (non-hydrogen) atoms. The zero-order valence-corrected chi connectivity index (χ0v) is 14.0. The number of benzene rings is 1. The maximum absolute atomic E-state index is 11.8. The molecule has 0 aliphatic heterocycles. The fourth-order valence-electron chi connectivity index (χ4n) is 2.22. The number of ether oxygens (including phenoxy) is 1. The summed E-state index contributed by atoms with van der Waals surface area (Å²) in [6.07, 6.45) is 5.11. The van der Waals surface area contributed by atoms with Crippen molar-refractivity contribution >= 4 is 5.97 Å². The van der Waals surface area contributed by atoms with Crippen LogP contribution in [0.2, 0.25) is 0 Å². The molecule has 1 atom stereocenters. The van der Waals surface area contributed by atoms with Gasteiger partial charge in [-0.2, -0.15) is 5.10 Å². The average Bonchev–Trinajstić information content (AvgIpc) is 3.09. The molecular formula is C17H24N4O2. The van der Waals surface area contributed by atoms with Crippen molar-refractivity contribution in [3.05, 3.63) is 42.5 Å². The Bertz CT molecular complexity index is 596. The fourth-order valence-corrected chi connectivity index (χ4v) is 2.22. The number of unbranched alkanes of at least 4 members (excludes halogenated alkanes) is 1. The molecule has 2 rings (SSSR count). The first-order valence-corrected chi connectivity index (χ1v) is 7.92. The van der Waals surface area contributed by atoms with Gasteiger partial charge in [-0.3, -0.25) is 9.69 Å². The van der Waals surface area contributed by atoms with E-state index >= 15 is 0 Å². The SMILES string of the molecule is CCCCOC(=O)CN(C)C(C)c1ccc(-n2cncn2)cc1. The Morgan fingerprint density at radius 2 is 2.09 bits per heavy atom. The van der Waals surface area contributed by atoms with Crippen molar-refractivity contribution in [2.24, 2.45) is 0 Å². The second-order valence-electron chi connectivity index (χ2n) is 5.60. The predicted octanol–water partition coefficient (Wildman–Crippen LogP) is 2.60. The highest BCUT2D eigenvalue weighted by atomic mass is 16.5. The zero-order valence-electron chi connectivity index (χ0n) is 14.0. The number of esters is 1. The molecule has 0 saturated heterocycles. The maximum atomic E-state index is 11.8. The summed E-state index contributed by atoms with van der Waals surface area (Å²) in [7, 11) is 1.93. The van der Waals surface area contributed by atoms with E-state index in [1.807, 2.05) is 36.2 Å². The van der Waals surface area contributed by atoms with Crippen LogP contribution in [0.1, 0.15) is 38.3 Å². The van der Waals surface area contributed by atoms with Crippen LogP contribution in [-0.4, -0.2) is 45.8 Å². The molecule has 0 N–H and O–H groups in total. The monoisotopic (exact) mass is 316 g/mol. The van der Waals surface area contributed by atoms with Crippen LogP contribution in [0.5, 0.6) is 0 Å². The smallest absolute Gasteiger partial charge is 0.320 e. The van der Waals surface area contributed by atoms with E-state index in [4.69, 9.17) is 4.74 Å². The first-order chi connectivity index (χ1) is 11.1. The molecule has 6 nitrogen and oxygen atoms in total. The molecule has 2 aromatic rings. The zero-order chi connectivity index (χ0) is 16.7. The largest absolute Gasteiger partial charge is 0.465 e. The molecule has 0 amide bonds. The van der Waals surface area contributed by atoms with Gasteiger partial charge in [-0.15, -0.1) is 0 Å². The maximum Gasteiger partial charge on any atom is 0.320 e. The van der Waals surface area contributed by atoms with E-state index < -0.39 is 0 Å². The summed E-state index contributed by atoms with van der Waals surface area (Å²) in [6.45, 7) is 4.94. The van der Waals surface area contributed by atoms with E-state index in [9.17, 15) is 4.79 Å². The third kappa shape index (κ3) is 4.89.